The van der Waals surface area contributed by atoms with Crippen molar-refractivity contribution in [2.75, 3.05) is 17.8 Å². The van der Waals surface area contributed by atoms with Crippen molar-refractivity contribution in [2.24, 2.45) is 0 Å². The molecule has 6 nitrogen and oxygen atoms in total. The number of nitrogens with one attached hydrogen (secondary N) is 1. The summed E-state index contributed by atoms with van der Waals surface area (Å²) in [6.07, 6.45) is 1.52. The molecule has 1 aliphatic heterocycles. The van der Waals surface area contributed by atoms with Crippen LogP contribution in [0.3, 0.4) is 0 Å². The molecule has 2 aromatic rings. The molecule has 0 fully saturated rings. The Hall–Kier alpha value is -2.94. The fourth-order valence-corrected chi connectivity index (χ4v) is 1.94. The fourth-order valence-electron chi connectivity index (χ4n) is 1.94. The van der Waals surface area contributed by atoms with Gasteiger partial charge >= 0.3 is 0 Å². The zero-order chi connectivity index (χ0) is 13.9. The van der Waals surface area contributed by atoms with Crippen LogP contribution in [-0.4, -0.2) is 11.8 Å². The van der Waals surface area contributed by atoms with Crippen molar-refractivity contribution < 1.29 is 9.47 Å². The molecule has 0 atom stereocenters. The molecule has 6 heteroatoms. The Kier molecular flexibility index (Phi) is 3.01. The van der Waals surface area contributed by atoms with E-state index in [1.54, 1.807) is 6.07 Å². The van der Waals surface area contributed by atoms with E-state index in [1.165, 1.54) is 6.20 Å². The molecular formula is C14H12N4O2. The van der Waals surface area contributed by atoms with Gasteiger partial charge in [0.15, 0.2) is 11.5 Å². The number of ether oxygens (including phenoxy) is 2. The highest BCUT2D eigenvalue weighted by atomic mass is 16.7. The molecule has 2 heterocycles. The summed E-state index contributed by atoms with van der Waals surface area (Å²) in [7, 11) is 0. The molecule has 0 spiro atoms. The van der Waals surface area contributed by atoms with E-state index in [2.05, 4.69) is 16.4 Å². The van der Waals surface area contributed by atoms with Gasteiger partial charge in [0.05, 0.1) is 17.4 Å². The predicted octanol–water partition coefficient (Wildman–Crippen LogP) is 1.88. The Morgan fingerprint density at radius 2 is 2.15 bits per heavy atom. The number of nitrogens with two attached hydrogens (primary N) is 1. The van der Waals surface area contributed by atoms with Crippen LogP contribution in [0.25, 0.3) is 0 Å². The average molecular weight is 268 g/mol. The second-order valence-electron chi connectivity index (χ2n) is 4.32. The van der Waals surface area contributed by atoms with Gasteiger partial charge in [-0.15, -0.1) is 0 Å². The molecule has 0 bridgehead atoms. The minimum atomic E-state index is 0.254. The minimum absolute atomic E-state index is 0.254. The summed E-state index contributed by atoms with van der Waals surface area (Å²) < 4.78 is 10.6. The van der Waals surface area contributed by atoms with Crippen molar-refractivity contribution >= 4 is 11.5 Å². The number of fused-ring (bicyclic) bond motifs is 1. The van der Waals surface area contributed by atoms with E-state index < -0.39 is 0 Å². The molecule has 1 aliphatic rings. The first kappa shape index (κ1) is 12.1. The lowest BCUT2D eigenvalue weighted by molar-refractivity contribution is 0.174. The second kappa shape index (κ2) is 4.97. The Morgan fingerprint density at radius 3 is 3.00 bits per heavy atom. The van der Waals surface area contributed by atoms with E-state index in [0.717, 1.165) is 17.1 Å². The predicted molar refractivity (Wildman–Crippen MR) is 73.3 cm³/mol. The first-order chi connectivity index (χ1) is 9.76. The summed E-state index contributed by atoms with van der Waals surface area (Å²) in [5.41, 5.74) is 7.50. The van der Waals surface area contributed by atoms with Crippen LogP contribution < -0.4 is 20.5 Å². The number of hydrogen-bond donors (Lipinski definition) is 2. The van der Waals surface area contributed by atoms with Crippen molar-refractivity contribution in [3.05, 3.63) is 41.6 Å². The van der Waals surface area contributed by atoms with Crippen LogP contribution >= 0.6 is 0 Å². The first-order valence-corrected chi connectivity index (χ1v) is 6.04. The van der Waals surface area contributed by atoms with E-state index in [9.17, 15) is 0 Å². The van der Waals surface area contributed by atoms with Gasteiger partial charge < -0.3 is 20.5 Å². The molecule has 0 radical (unpaired) electrons. The normalized spacial score (nSPS) is 11.9. The van der Waals surface area contributed by atoms with Crippen LogP contribution in [0.2, 0.25) is 0 Å². The van der Waals surface area contributed by atoms with Crippen LogP contribution in [-0.2, 0) is 6.54 Å². The van der Waals surface area contributed by atoms with Gasteiger partial charge in [0.1, 0.15) is 11.9 Å². The molecule has 20 heavy (non-hydrogen) atoms. The van der Waals surface area contributed by atoms with Crippen molar-refractivity contribution in [3.8, 4) is 17.6 Å². The summed E-state index contributed by atoms with van der Waals surface area (Å²) in [4.78, 5) is 4.12. The number of rotatable bonds is 3. The lowest BCUT2D eigenvalue weighted by Crippen LogP contribution is -2.04. The third-order valence-corrected chi connectivity index (χ3v) is 2.93. The molecule has 0 saturated heterocycles. The van der Waals surface area contributed by atoms with Gasteiger partial charge in [-0.05, 0) is 23.8 Å². The van der Waals surface area contributed by atoms with Gasteiger partial charge in [-0.3, -0.25) is 0 Å². The number of pyridine rings is 1. The summed E-state index contributed by atoms with van der Waals surface area (Å²) in [5.74, 6) is 1.99. The number of hydrogen-bond acceptors (Lipinski definition) is 6. The molecule has 0 amide bonds. The Balaban J connectivity index is 1.75. The Labute approximate surface area is 115 Å². The van der Waals surface area contributed by atoms with Crippen molar-refractivity contribution in [1.29, 1.82) is 5.26 Å². The number of aromatic nitrogens is 1. The maximum Gasteiger partial charge on any atom is 0.231 e. The number of nitriles is 1. The van der Waals surface area contributed by atoms with Crippen molar-refractivity contribution in [3.63, 3.8) is 0 Å². The average Bonchev–Trinajstić information content (AvgIpc) is 2.93. The third-order valence-electron chi connectivity index (χ3n) is 2.93. The zero-order valence-electron chi connectivity index (χ0n) is 10.6. The first-order valence-electron chi connectivity index (χ1n) is 6.04. The van der Waals surface area contributed by atoms with E-state index in [0.29, 0.717) is 23.6 Å². The monoisotopic (exact) mass is 268 g/mol. The zero-order valence-corrected chi connectivity index (χ0v) is 10.6. The number of nitrogen functional groups attached to an aromatic ring is 1. The lowest BCUT2D eigenvalue weighted by atomic mass is 10.2. The molecule has 1 aromatic heterocycles. The molecule has 0 saturated carbocycles. The van der Waals surface area contributed by atoms with Crippen LogP contribution in [0.5, 0.6) is 11.5 Å². The van der Waals surface area contributed by atoms with Gasteiger partial charge in [-0.2, -0.15) is 5.26 Å². The van der Waals surface area contributed by atoms with E-state index in [4.69, 9.17) is 20.5 Å². The van der Waals surface area contributed by atoms with Crippen LogP contribution in [0.4, 0.5) is 11.5 Å². The van der Waals surface area contributed by atoms with Gasteiger partial charge in [-0.1, -0.05) is 6.07 Å². The smallest absolute Gasteiger partial charge is 0.231 e. The quantitative estimate of drug-likeness (QED) is 0.882. The molecule has 3 rings (SSSR count). The summed E-state index contributed by atoms with van der Waals surface area (Å²) >= 11 is 0. The number of anilines is 2. The molecule has 100 valence electrons. The van der Waals surface area contributed by atoms with Gasteiger partial charge in [0.2, 0.25) is 6.79 Å². The van der Waals surface area contributed by atoms with Crippen molar-refractivity contribution in [1.82, 2.24) is 4.98 Å². The second-order valence-corrected chi connectivity index (χ2v) is 4.32. The minimum Gasteiger partial charge on any atom is -0.454 e. The summed E-state index contributed by atoms with van der Waals surface area (Å²) in [6.45, 7) is 0.784. The van der Waals surface area contributed by atoms with Gasteiger partial charge in [0.25, 0.3) is 0 Å². The Bertz CT molecular complexity index is 694. The van der Waals surface area contributed by atoms with Gasteiger partial charge in [0, 0.05) is 6.54 Å². The van der Waals surface area contributed by atoms with E-state index >= 15 is 0 Å². The molecule has 0 aliphatic carbocycles. The molecule has 0 unspecified atom stereocenters. The fraction of sp³-hybridized carbons (Fsp3) is 0.143. The van der Waals surface area contributed by atoms with Crippen molar-refractivity contribution in [2.45, 2.75) is 6.54 Å². The van der Waals surface area contributed by atoms with Crippen LogP contribution in [0, 0.1) is 11.3 Å². The Morgan fingerprint density at radius 1 is 1.30 bits per heavy atom. The SMILES string of the molecule is N#Cc1cc(N)cnc1NCc1ccc2c(c1)OCO2. The number of nitrogens with zero attached hydrogens (tertiary/aromatic N) is 2. The molecule has 3 N–H and O–H groups in total. The van der Waals surface area contributed by atoms with Gasteiger partial charge in [-0.25, -0.2) is 4.98 Å². The van der Waals surface area contributed by atoms with Crippen LogP contribution in [0.15, 0.2) is 30.5 Å². The molecule has 1 aromatic carbocycles. The maximum absolute atomic E-state index is 9.04. The largest absolute Gasteiger partial charge is 0.454 e. The highest BCUT2D eigenvalue weighted by Gasteiger charge is 2.13. The lowest BCUT2D eigenvalue weighted by Gasteiger charge is -2.08. The highest BCUT2D eigenvalue weighted by molar-refractivity contribution is 5.57. The number of benzene rings is 1. The maximum atomic E-state index is 9.04. The van der Waals surface area contributed by atoms with E-state index in [-0.39, 0.29) is 6.79 Å². The van der Waals surface area contributed by atoms with E-state index in [1.807, 2.05) is 18.2 Å². The third kappa shape index (κ3) is 2.29. The van der Waals surface area contributed by atoms with Crippen LogP contribution in [0.1, 0.15) is 11.1 Å². The standard InChI is InChI=1S/C14H12N4O2/c15-5-10-4-11(16)7-18-14(10)17-6-9-1-2-12-13(3-9)20-8-19-12/h1-4,7H,6,8,16H2,(H,17,18). The summed E-state index contributed by atoms with van der Waals surface area (Å²) in [6, 6.07) is 9.35. The highest BCUT2D eigenvalue weighted by Crippen LogP contribution is 2.32. The topological polar surface area (TPSA) is 93.2 Å². The molecular weight excluding hydrogens is 256 g/mol. The summed E-state index contributed by atoms with van der Waals surface area (Å²) in [5, 5.41) is 12.2.